The van der Waals surface area contributed by atoms with Gasteiger partial charge in [0.15, 0.2) is 11.6 Å². The normalized spacial score (nSPS) is 18.3. The van der Waals surface area contributed by atoms with Crippen LogP contribution in [0.25, 0.3) is 0 Å². The maximum Gasteiger partial charge on any atom is 0.333 e. The van der Waals surface area contributed by atoms with Crippen molar-refractivity contribution in [3.8, 4) is 0 Å². The first-order valence-corrected chi connectivity index (χ1v) is 11.6. The first-order chi connectivity index (χ1) is 15.4. The highest BCUT2D eigenvalue weighted by atomic mass is 16.7. The lowest BCUT2D eigenvalue weighted by Gasteiger charge is -2.34. The van der Waals surface area contributed by atoms with Gasteiger partial charge in [0, 0.05) is 31.6 Å². The van der Waals surface area contributed by atoms with Gasteiger partial charge in [0.25, 0.3) is 11.8 Å². The van der Waals surface area contributed by atoms with Crippen LogP contribution in [0.15, 0.2) is 0 Å². The standard InChI is InChI=1S/C23H37N3O7/c1-7-14(3)21(31)15(4)25-23(6,8-2)22(32)16(5)24-17(27)10-9-11-20(30)33-26-18(28)12-13-19(26)29/h14-16,25H,7-13H2,1-6H3,(H,24,27). The molecule has 0 aromatic carbocycles. The van der Waals surface area contributed by atoms with E-state index in [-0.39, 0.29) is 49.6 Å². The van der Waals surface area contributed by atoms with Gasteiger partial charge in [-0.05, 0) is 40.0 Å². The summed E-state index contributed by atoms with van der Waals surface area (Å²) in [6.07, 6.45) is 1.11. The first kappa shape index (κ1) is 28.4. The molecule has 1 aliphatic heterocycles. The van der Waals surface area contributed by atoms with E-state index in [9.17, 15) is 28.8 Å². The van der Waals surface area contributed by atoms with E-state index in [4.69, 9.17) is 4.84 Å². The van der Waals surface area contributed by atoms with E-state index in [1.54, 1.807) is 20.8 Å². The minimum absolute atomic E-state index is 0.0105. The zero-order valence-electron chi connectivity index (χ0n) is 20.5. The quantitative estimate of drug-likeness (QED) is 0.367. The Hall–Kier alpha value is -2.62. The first-order valence-electron chi connectivity index (χ1n) is 11.6. The highest BCUT2D eigenvalue weighted by Crippen LogP contribution is 2.17. The SMILES string of the molecule is CCC(C)C(=O)C(C)NC(C)(CC)C(=O)C(C)NC(=O)CCCC(=O)ON1C(=O)CCC1=O. The predicted molar refractivity (Wildman–Crippen MR) is 119 cm³/mol. The number of rotatable bonds is 14. The smallest absolute Gasteiger partial charge is 0.333 e. The Kier molecular flexibility index (Phi) is 10.8. The number of amides is 3. The topological polar surface area (TPSA) is 139 Å². The Morgan fingerprint density at radius 1 is 1.00 bits per heavy atom. The molecule has 1 saturated heterocycles. The molecule has 1 heterocycles. The molecule has 0 aromatic heterocycles. The van der Waals surface area contributed by atoms with Crippen LogP contribution in [0.3, 0.4) is 0 Å². The number of ketones is 2. The van der Waals surface area contributed by atoms with Crippen LogP contribution >= 0.6 is 0 Å². The van der Waals surface area contributed by atoms with Gasteiger partial charge in [0.2, 0.25) is 5.91 Å². The Balaban J connectivity index is 2.52. The monoisotopic (exact) mass is 467 g/mol. The third kappa shape index (κ3) is 8.03. The summed E-state index contributed by atoms with van der Waals surface area (Å²) in [6.45, 7) is 10.7. The molecular weight excluding hydrogens is 430 g/mol. The predicted octanol–water partition coefficient (Wildman–Crippen LogP) is 1.60. The molecule has 1 aliphatic rings. The van der Waals surface area contributed by atoms with Gasteiger partial charge < -0.3 is 10.2 Å². The molecular formula is C23H37N3O7. The van der Waals surface area contributed by atoms with Crippen molar-refractivity contribution in [2.75, 3.05) is 0 Å². The van der Waals surface area contributed by atoms with Crippen molar-refractivity contribution in [2.24, 2.45) is 5.92 Å². The summed E-state index contributed by atoms with van der Waals surface area (Å²) >= 11 is 0. The zero-order valence-corrected chi connectivity index (χ0v) is 20.5. The van der Waals surface area contributed by atoms with Crippen molar-refractivity contribution in [3.05, 3.63) is 0 Å². The van der Waals surface area contributed by atoms with E-state index in [2.05, 4.69) is 10.6 Å². The van der Waals surface area contributed by atoms with Crippen molar-refractivity contribution in [3.63, 3.8) is 0 Å². The summed E-state index contributed by atoms with van der Waals surface area (Å²) in [7, 11) is 0. The van der Waals surface area contributed by atoms with Gasteiger partial charge >= 0.3 is 5.97 Å². The maximum absolute atomic E-state index is 13.0. The average molecular weight is 468 g/mol. The van der Waals surface area contributed by atoms with E-state index >= 15 is 0 Å². The van der Waals surface area contributed by atoms with Crippen molar-refractivity contribution in [1.29, 1.82) is 0 Å². The third-order valence-electron chi connectivity index (χ3n) is 6.07. The van der Waals surface area contributed by atoms with E-state index in [1.807, 2.05) is 20.8 Å². The zero-order chi connectivity index (χ0) is 25.3. The van der Waals surface area contributed by atoms with E-state index in [0.717, 1.165) is 0 Å². The van der Waals surface area contributed by atoms with Gasteiger partial charge in [0.05, 0.1) is 17.6 Å². The van der Waals surface area contributed by atoms with Crippen LogP contribution in [0.2, 0.25) is 0 Å². The van der Waals surface area contributed by atoms with Gasteiger partial charge in [-0.3, -0.25) is 29.3 Å². The minimum atomic E-state index is -0.992. The van der Waals surface area contributed by atoms with Gasteiger partial charge in [0.1, 0.15) is 0 Å². The van der Waals surface area contributed by atoms with Crippen LogP contribution in [0.5, 0.6) is 0 Å². The van der Waals surface area contributed by atoms with Crippen LogP contribution in [-0.4, -0.2) is 57.9 Å². The summed E-state index contributed by atoms with van der Waals surface area (Å²) in [4.78, 5) is 77.2. The molecule has 0 aliphatic carbocycles. The number of nitrogens with zero attached hydrogens (tertiary/aromatic N) is 1. The number of hydrogen-bond donors (Lipinski definition) is 2. The van der Waals surface area contributed by atoms with Crippen LogP contribution in [0.1, 0.15) is 86.5 Å². The number of imide groups is 1. The number of carbonyl (C=O) groups is 6. The Morgan fingerprint density at radius 3 is 2.09 bits per heavy atom. The molecule has 2 N–H and O–H groups in total. The van der Waals surface area contributed by atoms with Crippen molar-refractivity contribution in [2.45, 2.75) is 104 Å². The molecule has 3 amide bonds. The number of nitrogens with one attached hydrogen (secondary N) is 2. The lowest BCUT2D eigenvalue weighted by molar-refractivity contribution is -0.197. The molecule has 4 unspecified atom stereocenters. The third-order valence-corrected chi connectivity index (χ3v) is 6.07. The molecule has 0 spiro atoms. The lowest BCUT2D eigenvalue weighted by Crippen LogP contribution is -2.60. The Morgan fingerprint density at radius 2 is 1.58 bits per heavy atom. The van der Waals surface area contributed by atoms with E-state index < -0.39 is 41.3 Å². The Labute approximate surface area is 195 Å². The highest BCUT2D eigenvalue weighted by Gasteiger charge is 2.37. The number of carbonyl (C=O) groups excluding carboxylic acids is 6. The second-order valence-corrected chi connectivity index (χ2v) is 8.82. The summed E-state index contributed by atoms with van der Waals surface area (Å²) in [5.41, 5.74) is -0.992. The molecule has 186 valence electrons. The average Bonchev–Trinajstić information content (AvgIpc) is 3.08. The van der Waals surface area contributed by atoms with E-state index in [1.165, 1.54) is 0 Å². The summed E-state index contributed by atoms with van der Waals surface area (Å²) in [6, 6.07) is -1.30. The molecule has 0 aromatic rings. The molecule has 10 nitrogen and oxygen atoms in total. The van der Waals surface area contributed by atoms with Crippen LogP contribution < -0.4 is 10.6 Å². The highest BCUT2D eigenvalue weighted by molar-refractivity contribution is 6.01. The van der Waals surface area contributed by atoms with Crippen LogP contribution in [0.4, 0.5) is 0 Å². The second-order valence-electron chi connectivity index (χ2n) is 8.82. The second kappa shape index (κ2) is 12.6. The van der Waals surface area contributed by atoms with Gasteiger partial charge in [-0.1, -0.05) is 20.8 Å². The lowest BCUT2D eigenvalue weighted by atomic mass is 9.87. The summed E-state index contributed by atoms with van der Waals surface area (Å²) in [5, 5.41) is 6.24. The van der Waals surface area contributed by atoms with Crippen molar-refractivity contribution < 1.29 is 33.6 Å². The molecule has 1 fully saturated rings. The number of Topliss-reactive ketones (excluding diaryl/α,β-unsaturated/α-hetero) is 2. The molecule has 4 atom stereocenters. The fourth-order valence-corrected chi connectivity index (χ4v) is 3.58. The largest absolute Gasteiger partial charge is 0.347 e. The summed E-state index contributed by atoms with van der Waals surface area (Å²) < 4.78 is 0. The molecule has 0 saturated carbocycles. The fourth-order valence-electron chi connectivity index (χ4n) is 3.58. The molecule has 0 bridgehead atoms. The van der Waals surface area contributed by atoms with Crippen LogP contribution in [-0.2, 0) is 33.6 Å². The van der Waals surface area contributed by atoms with Gasteiger partial charge in [-0.25, -0.2) is 4.79 Å². The minimum Gasteiger partial charge on any atom is -0.347 e. The number of hydrogen-bond acceptors (Lipinski definition) is 8. The van der Waals surface area contributed by atoms with Gasteiger partial charge in [-0.15, -0.1) is 5.06 Å². The molecule has 10 heteroatoms. The summed E-state index contributed by atoms with van der Waals surface area (Å²) in [5.74, 6) is -2.65. The Bertz CT molecular complexity index is 766. The van der Waals surface area contributed by atoms with Crippen molar-refractivity contribution in [1.82, 2.24) is 15.7 Å². The maximum atomic E-state index is 13.0. The number of hydroxylamine groups is 2. The molecule has 33 heavy (non-hydrogen) atoms. The van der Waals surface area contributed by atoms with Crippen molar-refractivity contribution >= 4 is 35.3 Å². The molecule has 1 rings (SSSR count). The van der Waals surface area contributed by atoms with E-state index in [0.29, 0.717) is 17.9 Å². The fraction of sp³-hybridized carbons (Fsp3) is 0.739. The van der Waals surface area contributed by atoms with Gasteiger partial charge in [-0.2, -0.15) is 0 Å². The van der Waals surface area contributed by atoms with Crippen LogP contribution in [0, 0.1) is 5.92 Å². The molecule has 0 radical (unpaired) electrons.